The topological polar surface area (TPSA) is 130 Å². The van der Waals surface area contributed by atoms with E-state index in [1.807, 2.05) is 6.07 Å². The molecule has 0 amide bonds. The van der Waals surface area contributed by atoms with Crippen molar-refractivity contribution in [2.75, 3.05) is 6.54 Å². The van der Waals surface area contributed by atoms with Crippen LogP contribution >= 0.6 is 0 Å². The summed E-state index contributed by atoms with van der Waals surface area (Å²) >= 11 is 0. The molecule has 0 unspecified atom stereocenters. The van der Waals surface area contributed by atoms with Crippen LogP contribution in [-0.4, -0.2) is 54.7 Å². The lowest BCUT2D eigenvalue weighted by Gasteiger charge is -2.21. The highest BCUT2D eigenvalue weighted by molar-refractivity contribution is 5.76. The van der Waals surface area contributed by atoms with Crippen LogP contribution < -0.4 is 5.32 Å². The van der Waals surface area contributed by atoms with E-state index in [1.165, 1.54) is 0 Å². The van der Waals surface area contributed by atoms with E-state index < -0.39 is 29.9 Å². The van der Waals surface area contributed by atoms with E-state index in [1.54, 1.807) is 29.3 Å². The van der Waals surface area contributed by atoms with Gasteiger partial charge in [0, 0.05) is 30.4 Å². The van der Waals surface area contributed by atoms with Crippen molar-refractivity contribution >= 4 is 11.9 Å². The Balaban J connectivity index is 1.96. The van der Waals surface area contributed by atoms with Gasteiger partial charge in [-0.15, -0.1) is 5.10 Å². The first-order valence-electron chi connectivity index (χ1n) is 7.06. The molecular formula is C14H15N5O4. The summed E-state index contributed by atoms with van der Waals surface area (Å²) in [5.41, 5.74) is 1.46. The first-order valence-corrected chi connectivity index (χ1v) is 7.06. The van der Waals surface area contributed by atoms with Gasteiger partial charge in [-0.25, -0.2) is 4.68 Å². The number of aliphatic carboxylic acids is 2. The van der Waals surface area contributed by atoms with E-state index in [9.17, 15) is 14.7 Å². The van der Waals surface area contributed by atoms with E-state index in [4.69, 9.17) is 5.11 Å². The monoisotopic (exact) mass is 317 g/mol. The van der Waals surface area contributed by atoms with Gasteiger partial charge in [0.2, 0.25) is 0 Å². The molecule has 0 spiro atoms. The molecule has 3 N–H and O–H groups in total. The number of rotatable bonds is 5. The lowest BCUT2D eigenvalue weighted by molar-refractivity contribution is -0.142. The van der Waals surface area contributed by atoms with E-state index in [0.29, 0.717) is 12.2 Å². The Kier molecular flexibility index (Phi) is 4.02. The van der Waals surface area contributed by atoms with Crippen molar-refractivity contribution in [1.29, 1.82) is 0 Å². The Hall–Kier alpha value is -2.81. The van der Waals surface area contributed by atoms with Gasteiger partial charge in [0.05, 0.1) is 24.4 Å². The van der Waals surface area contributed by atoms with Gasteiger partial charge in [-0.05, 0) is 12.1 Å². The number of hydrogen-bond acceptors (Lipinski definition) is 6. The number of aromatic nitrogens is 4. The highest BCUT2D eigenvalue weighted by atomic mass is 16.4. The molecule has 3 atom stereocenters. The summed E-state index contributed by atoms with van der Waals surface area (Å²) in [7, 11) is 0. The largest absolute Gasteiger partial charge is 0.481 e. The van der Waals surface area contributed by atoms with Crippen LogP contribution in [0.1, 0.15) is 12.5 Å². The Bertz CT molecular complexity index is 717. The number of carboxylic acids is 2. The third kappa shape index (κ3) is 2.90. The molecule has 23 heavy (non-hydrogen) atoms. The van der Waals surface area contributed by atoms with E-state index in [2.05, 4.69) is 20.6 Å². The smallest absolute Gasteiger partial charge is 0.321 e. The summed E-state index contributed by atoms with van der Waals surface area (Å²) in [5, 5.41) is 29.2. The Morgan fingerprint density at radius 2 is 2.17 bits per heavy atom. The number of nitrogens with zero attached hydrogens (tertiary/aromatic N) is 4. The highest BCUT2D eigenvalue weighted by Gasteiger charge is 2.43. The van der Waals surface area contributed by atoms with Crippen molar-refractivity contribution in [1.82, 2.24) is 25.3 Å². The SMILES string of the molecule is O=C(O)C[C@@H]1[C@@H](C(=O)O)NC[C@@H]1n1nncc1-c1cccnc1. The zero-order chi connectivity index (χ0) is 16.4. The maximum Gasteiger partial charge on any atom is 0.321 e. The summed E-state index contributed by atoms with van der Waals surface area (Å²) in [6.07, 6.45) is 4.59. The summed E-state index contributed by atoms with van der Waals surface area (Å²) in [5.74, 6) is -2.73. The molecule has 0 radical (unpaired) electrons. The van der Waals surface area contributed by atoms with Gasteiger partial charge in [-0.3, -0.25) is 14.6 Å². The minimum atomic E-state index is -1.07. The molecule has 0 aromatic carbocycles. The maximum absolute atomic E-state index is 11.4. The molecule has 0 aliphatic carbocycles. The molecule has 9 nitrogen and oxygen atoms in total. The number of pyridine rings is 1. The predicted octanol–water partition coefficient (Wildman–Crippen LogP) is 0.0285. The summed E-state index contributed by atoms with van der Waals surface area (Å²) in [6, 6.07) is 2.27. The van der Waals surface area contributed by atoms with Crippen molar-refractivity contribution in [3.05, 3.63) is 30.7 Å². The Labute approximate surface area is 131 Å². The van der Waals surface area contributed by atoms with E-state index in [-0.39, 0.29) is 6.42 Å². The van der Waals surface area contributed by atoms with E-state index >= 15 is 0 Å². The number of hydrogen-bond donors (Lipinski definition) is 3. The van der Waals surface area contributed by atoms with Crippen molar-refractivity contribution in [2.45, 2.75) is 18.5 Å². The second kappa shape index (κ2) is 6.13. The molecule has 120 valence electrons. The fraction of sp³-hybridized carbons (Fsp3) is 0.357. The van der Waals surface area contributed by atoms with Crippen LogP contribution in [0.5, 0.6) is 0 Å². The fourth-order valence-electron chi connectivity index (χ4n) is 2.98. The first-order chi connectivity index (χ1) is 11.1. The van der Waals surface area contributed by atoms with Crippen molar-refractivity contribution < 1.29 is 19.8 Å². The quantitative estimate of drug-likeness (QED) is 0.704. The Morgan fingerprint density at radius 3 is 2.83 bits per heavy atom. The van der Waals surface area contributed by atoms with Crippen LogP contribution in [0.4, 0.5) is 0 Å². The summed E-state index contributed by atoms with van der Waals surface area (Å²) < 4.78 is 1.58. The molecule has 2 aromatic heterocycles. The average molecular weight is 317 g/mol. The maximum atomic E-state index is 11.4. The third-order valence-electron chi connectivity index (χ3n) is 3.99. The molecule has 0 bridgehead atoms. The summed E-state index contributed by atoms with van der Waals surface area (Å²) in [4.78, 5) is 26.5. The molecule has 1 fully saturated rings. The number of carboxylic acid groups (broad SMARTS) is 2. The van der Waals surface area contributed by atoms with Gasteiger partial charge in [-0.1, -0.05) is 5.21 Å². The van der Waals surface area contributed by atoms with Crippen molar-refractivity contribution in [3.63, 3.8) is 0 Å². The van der Waals surface area contributed by atoms with Gasteiger partial charge in [0.1, 0.15) is 6.04 Å². The molecule has 0 saturated carbocycles. The lowest BCUT2D eigenvalue weighted by atomic mass is 9.92. The lowest BCUT2D eigenvalue weighted by Crippen LogP contribution is -2.37. The van der Waals surface area contributed by atoms with Crippen molar-refractivity contribution in [2.24, 2.45) is 5.92 Å². The minimum absolute atomic E-state index is 0.263. The van der Waals surface area contributed by atoms with Crippen LogP contribution in [-0.2, 0) is 9.59 Å². The molecule has 9 heteroatoms. The fourth-order valence-corrected chi connectivity index (χ4v) is 2.98. The van der Waals surface area contributed by atoms with Gasteiger partial charge < -0.3 is 15.5 Å². The van der Waals surface area contributed by atoms with Crippen LogP contribution in [0.3, 0.4) is 0 Å². The summed E-state index contributed by atoms with van der Waals surface area (Å²) in [6.45, 7) is 0.311. The van der Waals surface area contributed by atoms with Crippen LogP contribution in [0, 0.1) is 5.92 Å². The third-order valence-corrected chi connectivity index (χ3v) is 3.99. The van der Waals surface area contributed by atoms with Crippen LogP contribution in [0.2, 0.25) is 0 Å². The first kappa shape index (κ1) is 15.1. The van der Waals surface area contributed by atoms with Crippen molar-refractivity contribution in [3.8, 4) is 11.3 Å². The predicted molar refractivity (Wildman–Crippen MR) is 77.5 cm³/mol. The molecule has 1 aliphatic heterocycles. The highest BCUT2D eigenvalue weighted by Crippen LogP contribution is 2.33. The molecule has 1 saturated heterocycles. The molecule has 3 heterocycles. The number of nitrogens with one attached hydrogen (secondary N) is 1. The normalized spacial score (nSPS) is 23.7. The minimum Gasteiger partial charge on any atom is -0.481 e. The molecular weight excluding hydrogens is 302 g/mol. The van der Waals surface area contributed by atoms with Crippen LogP contribution in [0.15, 0.2) is 30.7 Å². The zero-order valence-corrected chi connectivity index (χ0v) is 12.0. The second-order valence-corrected chi connectivity index (χ2v) is 5.36. The molecule has 3 rings (SSSR count). The van der Waals surface area contributed by atoms with Gasteiger partial charge in [-0.2, -0.15) is 0 Å². The molecule has 1 aliphatic rings. The van der Waals surface area contributed by atoms with Crippen LogP contribution in [0.25, 0.3) is 11.3 Å². The van der Waals surface area contributed by atoms with Gasteiger partial charge in [0.15, 0.2) is 0 Å². The van der Waals surface area contributed by atoms with E-state index in [0.717, 1.165) is 5.56 Å². The Morgan fingerprint density at radius 1 is 1.35 bits per heavy atom. The second-order valence-electron chi connectivity index (χ2n) is 5.36. The van der Waals surface area contributed by atoms with Gasteiger partial charge >= 0.3 is 11.9 Å². The van der Waals surface area contributed by atoms with Gasteiger partial charge in [0.25, 0.3) is 0 Å². The number of carbonyl (C=O) groups is 2. The molecule has 2 aromatic rings. The average Bonchev–Trinajstić information content (AvgIpc) is 3.13. The zero-order valence-electron chi connectivity index (χ0n) is 12.0. The standard InChI is InChI=1S/C14H15N5O4/c20-12(21)4-9-11(6-16-13(9)14(22)23)19-10(7-17-18-19)8-2-1-3-15-5-8/h1-3,5,7,9,11,13,16H,4,6H2,(H,20,21)(H,22,23)/t9-,11-,13-/m0/s1.